The van der Waals surface area contributed by atoms with Crippen LogP contribution in [0.1, 0.15) is 13.8 Å². The van der Waals surface area contributed by atoms with Gasteiger partial charge in [0.05, 0.1) is 17.0 Å². The lowest BCUT2D eigenvalue weighted by Crippen LogP contribution is -2.49. The molecule has 1 saturated heterocycles. The van der Waals surface area contributed by atoms with Crippen molar-refractivity contribution in [1.29, 1.82) is 0 Å². The number of aromatic nitrogens is 6. The van der Waals surface area contributed by atoms with Gasteiger partial charge in [0.15, 0.2) is 11.5 Å². The van der Waals surface area contributed by atoms with Crippen molar-refractivity contribution in [3.63, 3.8) is 0 Å². The lowest BCUT2D eigenvalue weighted by atomic mass is 10.1. The van der Waals surface area contributed by atoms with E-state index < -0.39 is 0 Å². The number of imidazole rings is 1. The van der Waals surface area contributed by atoms with Crippen LogP contribution >= 0.6 is 11.6 Å². The standard InChI is InChI=1S/C23H27ClN8/c1-17(2)30-13-10-29(11-14-30)12-15-32-22-19(23(28-32)31-9-8-25-16-31)20(24)21(26-27-22)18-6-4-3-5-7-18/h3-9,16-17H,10-15H2,1-2H3. The van der Waals surface area contributed by atoms with Gasteiger partial charge in [0.25, 0.3) is 0 Å². The van der Waals surface area contributed by atoms with E-state index in [2.05, 4.69) is 38.8 Å². The zero-order valence-corrected chi connectivity index (χ0v) is 19.2. The fraction of sp³-hybridized carbons (Fsp3) is 0.391. The van der Waals surface area contributed by atoms with Crippen molar-refractivity contribution in [2.45, 2.75) is 26.4 Å². The highest BCUT2D eigenvalue weighted by Crippen LogP contribution is 2.34. The molecule has 1 aliphatic rings. The van der Waals surface area contributed by atoms with Crippen LogP contribution in [-0.4, -0.2) is 78.1 Å². The molecule has 0 amide bonds. The van der Waals surface area contributed by atoms with Gasteiger partial charge in [0.1, 0.15) is 12.0 Å². The Labute approximate surface area is 192 Å². The Morgan fingerprint density at radius 3 is 2.47 bits per heavy atom. The van der Waals surface area contributed by atoms with Gasteiger partial charge < -0.3 is 0 Å². The van der Waals surface area contributed by atoms with Gasteiger partial charge in [0.2, 0.25) is 0 Å². The van der Waals surface area contributed by atoms with Gasteiger partial charge in [-0.2, -0.15) is 5.10 Å². The third kappa shape index (κ3) is 4.01. The first-order valence-corrected chi connectivity index (χ1v) is 11.4. The summed E-state index contributed by atoms with van der Waals surface area (Å²) in [6, 6.07) is 10.5. The van der Waals surface area contributed by atoms with E-state index in [-0.39, 0.29) is 0 Å². The van der Waals surface area contributed by atoms with Gasteiger partial charge in [-0.3, -0.25) is 14.4 Å². The van der Waals surface area contributed by atoms with Crippen LogP contribution in [0.5, 0.6) is 0 Å². The third-order valence-corrected chi connectivity index (χ3v) is 6.51. The molecule has 0 unspecified atom stereocenters. The fourth-order valence-corrected chi connectivity index (χ4v) is 4.56. The Hall–Kier alpha value is -2.81. The summed E-state index contributed by atoms with van der Waals surface area (Å²) in [5, 5.41) is 15.2. The molecule has 166 valence electrons. The third-order valence-electron chi connectivity index (χ3n) is 6.14. The molecule has 0 N–H and O–H groups in total. The summed E-state index contributed by atoms with van der Waals surface area (Å²) in [6.45, 7) is 10.5. The molecular weight excluding hydrogens is 424 g/mol. The van der Waals surface area contributed by atoms with E-state index in [1.165, 1.54) is 0 Å². The molecule has 4 heterocycles. The number of nitrogens with zero attached hydrogens (tertiary/aromatic N) is 8. The van der Waals surface area contributed by atoms with Crippen molar-refractivity contribution < 1.29 is 0 Å². The predicted octanol–water partition coefficient (Wildman–Crippen LogP) is 3.36. The Morgan fingerprint density at radius 1 is 1.00 bits per heavy atom. The number of benzene rings is 1. The van der Waals surface area contributed by atoms with Gasteiger partial charge in [-0.05, 0) is 13.8 Å². The number of rotatable bonds is 6. The van der Waals surface area contributed by atoms with Crippen LogP contribution in [-0.2, 0) is 6.54 Å². The largest absolute Gasteiger partial charge is 0.299 e. The molecule has 32 heavy (non-hydrogen) atoms. The van der Waals surface area contributed by atoms with Crippen LogP contribution in [0.3, 0.4) is 0 Å². The first-order valence-electron chi connectivity index (χ1n) is 11.0. The minimum absolute atomic E-state index is 0.557. The number of hydrogen-bond donors (Lipinski definition) is 0. The summed E-state index contributed by atoms with van der Waals surface area (Å²) in [5.74, 6) is 0.721. The van der Waals surface area contributed by atoms with Crippen LogP contribution in [0.25, 0.3) is 28.1 Å². The zero-order chi connectivity index (χ0) is 22.1. The molecule has 1 aliphatic heterocycles. The van der Waals surface area contributed by atoms with Crippen molar-refractivity contribution in [3.8, 4) is 17.1 Å². The maximum Gasteiger partial charge on any atom is 0.184 e. The van der Waals surface area contributed by atoms with Gasteiger partial charge >= 0.3 is 0 Å². The Morgan fingerprint density at radius 2 is 1.78 bits per heavy atom. The SMILES string of the molecule is CC(C)N1CCN(CCn2nc(-n3ccnc3)c3c(Cl)c(-c4ccccc4)nnc32)CC1. The van der Waals surface area contributed by atoms with Crippen LogP contribution in [0.2, 0.25) is 5.02 Å². The molecule has 0 atom stereocenters. The lowest BCUT2D eigenvalue weighted by molar-refractivity contribution is 0.105. The maximum absolute atomic E-state index is 6.90. The van der Waals surface area contributed by atoms with Crippen molar-refractivity contribution in [2.24, 2.45) is 0 Å². The summed E-state index contributed by atoms with van der Waals surface area (Å²) in [6.07, 6.45) is 5.34. The monoisotopic (exact) mass is 450 g/mol. The van der Waals surface area contributed by atoms with E-state index in [0.717, 1.165) is 56.0 Å². The van der Waals surface area contributed by atoms with Crippen LogP contribution < -0.4 is 0 Å². The van der Waals surface area contributed by atoms with E-state index in [1.807, 2.05) is 45.8 Å². The van der Waals surface area contributed by atoms with Crippen molar-refractivity contribution in [2.75, 3.05) is 32.7 Å². The van der Waals surface area contributed by atoms with Gasteiger partial charge in [-0.25, -0.2) is 9.67 Å². The summed E-state index contributed by atoms with van der Waals surface area (Å²) >= 11 is 6.90. The topological polar surface area (TPSA) is 67.9 Å². The summed E-state index contributed by atoms with van der Waals surface area (Å²) in [4.78, 5) is 9.19. The first kappa shape index (κ1) is 21.1. The average molecular weight is 451 g/mol. The lowest BCUT2D eigenvalue weighted by Gasteiger charge is -2.36. The highest BCUT2D eigenvalue weighted by Gasteiger charge is 2.22. The molecule has 1 aromatic carbocycles. The second-order valence-electron chi connectivity index (χ2n) is 8.42. The Kier molecular flexibility index (Phi) is 5.91. The number of hydrogen-bond acceptors (Lipinski definition) is 6. The van der Waals surface area contributed by atoms with Gasteiger partial charge in [-0.15, -0.1) is 10.2 Å². The molecule has 5 rings (SSSR count). The highest BCUT2D eigenvalue weighted by atomic mass is 35.5. The molecule has 0 radical (unpaired) electrons. The maximum atomic E-state index is 6.90. The van der Waals surface area contributed by atoms with E-state index in [0.29, 0.717) is 22.4 Å². The molecule has 1 fully saturated rings. The van der Waals surface area contributed by atoms with E-state index in [9.17, 15) is 0 Å². The van der Waals surface area contributed by atoms with Crippen molar-refractivity contribution >= 4 is 22.6 Å². The molecule has 0 saturated carbocycles. The summed E-state index contributed by atoms with van der Waals surface area (Å²) in [5.41, 5.74) is 2.28. The van der Waals surface area contributed by atoms with Gasteiger partial charge in [0, 0.05) is 56.7 Å². The predicted molar refractivity (Wildman–Crippen MR) is 126 cm³/mol. The summed E-state index contributed by atoms with van der Waals surface area (Å²) < 4.78 is 3.80. The second-order valence-corrected chi connectivity index (χ2v) is 8.79. The van der Waals surface area contributed by atoms with E-state index in [4.69, 9.17) is 16.7 Å². The molecule has 3 aromatic heterocycles. The Bertz CT molecular complexity index is 1180. The molecule has 8 nitrogen and oxygen atoms in total. The zero-order valence-electron chi connectivity index (χ0n) is 18.4. The van der Waals surface area contributed by atoms with E-state index >= 15 is 0 Å². The molecule has 4 aromatic rings. The normalized spacial score (nSPS) is 15.8. The van der Waals surface area contributed by atoms with Crippen LogP contribution in [0.15, 0.2) is 49.1 Å². The van der Waals surface area contributed by atoms with Gasteiger partial charge in [-0.1, -0.05) is 41.9 Å². The molecule has 0 bridgehead atoms. The molecule has 0 spiro atoms. The molecular formula is C23H27ClN8. The van der Waals surface area contributed by atoms with Crippen molar-refractivity contribution in [1.82, 2.24) is 39.3 Å². The van der Waals surface area contributed by atoms with Crippen molar-refractivity contribution in [3.05, 3.63) is 54.1 Å². The minimum atomic E-state index is 0.557. The Balaban J connectivity index is 1.47. The number of fused-ring (bicyclic) bond motifs is 1. The number of halogens is 1. The fourth-order valence-electron chi connectivity index (χ4n) is 4.24. The first-order chi connectivity index (χ1) is 15.6. The average Bonchev–Trinajstić information content (AvgIpc) is 3.47. The quantitative estimate of drug-likeness (QED) is 0.448. The highest BCUT2D eigenvalue weighted by molar-refractivity contribution is 6.38. The van der Waals surface area contributed by atoms with Crippen LogP contribution in [0, 0.1) is 0 Å². The van der Waals surface area contributed by atoms with E-state index in [1.54, 1.807) is 12.5 Å². The summed E-state index contributed by atoms with van der Waals surface area (Å²) in [7, 11) is 0. The minimum Gasteiger partial charge on any atom is -0.299 e. The number of piperazine rings is 1. The second kappa shape index (κ2) is 8.97. The smallest absolute Gasteiger partial charge is 0.184 e. The van der Waals surface area contributed by atoms with Crippen LogP contribution in [0.4, 0.5) is 0 Å². The molecule has 0 aliphatic carbocycles. The molecule has 9 heteroatoms.